The van der Waals surface area contributed by atoms with Crippen molar-refractivity contribution in [3.8, 4) is 17.2 Å². The van der Waals surface area contributed by atoms with Crippen molar-refractivity contribution < 1.29 is 19.0 Å². The van der Waals surface area contributed by atoms with Crippen LogP contribution in [0.2, 0.25) is 5.02 Å². The number of esters is 1. The van der Waals surface area contributed by atoms with Gasteiger partial charge in [0.15, 0.2) is 11.5 Å². The molecule has 0 atom stereocenters. The summed E-state index contributed by atoms with van der Waals surface area (Å²) in [6.45, 7) is 4.93. The van der Waals surface area contributed by atoms with Gasteiger partial charge in [0.05, 0.1) is 18.7 Å². The largest absolute Gasteiger partial charge is 0.493 e. The minimum atomic E-state index is -0.505. The lowest BCUT2D eigenvalue weighted by atomic mass is 10.1. The van der Waals surface area contributed by atoms with Crippen LogP contribution in [0.25, 0.3) is 6.08 Å². The molecule has 0 aliphatic rings. The van der Waals surface area contributed by atoms with Crippen molar-refractivity contribution in [1.29, 1.82) is 0 Å². The summed E-state index contributed by atoms with van der Waals surface area (Å²) < 4.78 is 16.3. The number of carbonyl (C=O) groups excluding carboxylic acids is 1. The first-order valence-corrected chi connectivity index (χ1v) is 8.82. The molecule has 0 amide bonds. The fraction of sp³-hybridized carbons (Fsp3) is 0.286. The highest BCUT2D eigenvalue weighted by atomic mass is 35.5. The normalized spacial score (nSPS) is 11.0. The monoisotopic (exact) mass is 374 g/mol. The first kappa shape index (κ1) is 19.9. The molecule has 0 N–H and O–H groups in total. The number of halogens is 1. The molecule has 0 saturated heterocycles. The van der Waals surface area contributed by atoms with E-state index in [2.05, 4.69) is 13.8 Å². The zero-order valence-corrected chi connectivity index (χ0v) is 16.0. The summed E-state index contributed by atoms with van der Waals surface area (Å²) in [5, 5.41) is 0.388. The van der Waals surface area contributed by atoms with Crippen LogP contribution in [0.15, 0.2) is 48.5 Å². The highest BCUT2D eigenvalue weighted by Gasteiger charge is 2.07. The molecule has 0 radical (unpaired) electrons. The Morgan fingerprint density at radius 1 is 1.12 bits per heavy atom. The Morgan fingerprint density at radius 2 is 1.88 bits per heavy atom. The molecule has 4 nitrogen and oxygen atoms in total. The van der Waals surface area contributed by atoms with Crippen LogP contribution in [0.1, 0.15) is 25.8 Å². The Hall–Kier alpha value is -2.46. The second-order valence-electron chi connectivity index (χ2n) is 6.13. The lowest BCUT2D eigenvalue weighted by molar-refractivity contribution is -0.128. The quantitative estimate of drug-likeness (QED) is 0.353. The molecule has 2 aromatic rings. The van der Waals surface area contributed by atoms with E-state index >= 15 is 0 Å². The Balaban J connectivity index is 2.01. The molecule has 0 unspecified atom stereocenters. The third-order valence-electron chi connectivity index (χ3n) is 3.60. The smallest absolute Gasteiger partial charge is 0.336 e. The van der Waals surface area contributed by atoms with Crippen molar-refractivity contribution in [2.75, 3.05) is 13.7 Å². The summed E-state index contributed by atoms with van der Waals surface area (Å²) in [5.41, 5.74) is 0.800. The van der Waals surface area contributed by atoms with Gasteiger partial charge in [-0.1, -0.05) is 43.6 Å². The minimum Gasteiger partial charge on any atom is -0.493 e. The van der Waals surface area contributed by atoms with Crippen molar-refractivity contribution in [1.82, 2.24) is 0 Å². The van der Waals surface area contributed by atoms with Gasteiger partial charge in [0.25, 0.3) is 0 Å². The summed E-state index contributed by atoms with van der Waals surface area (Å²) >= 11 is 5.97. The number of carbonyl (C=O) groups is 1. The third kappa shape index (κ3) is 6.12. The standard InChI is InChI=1S/C21H23ClO4/c1-15(2)12-13-25-19-10-8-16(14-20(19)24-3)9-11-21(23)26-18-7-5-4-6-17(18)22/h4-11,14-15H,12-13H2,1-3H3/b11-9+. The molecule has 0 heterocycles. The second kappa shape index (κ2) is 9.88. The maximum atomic E-state index is 11.9. The van der Waals surface area contributed by atoms with Crippen LogP contribution < -0.4 is 14.2 Å². The van der Waals surface area contributed by atoms with Gasteiger partial charge >= 0.3 is 5.97 Å². The molecule has 2 aromatic carbocycles. The fourth-order valence-corrected chi connectivity index (χ4v) is 2.32. The van der Waals surface area contributed by atoms with Crippen LogP contribution in [-0.4, -0.2) is 19.7 Å². The molecule has 0 spiro atoms. The zero-order chi connectivity index (χ0) is 18.9. The molecule has 0 aromatic heterocycles. The van der Waals surface area contributed by atoms with Gasteiger partial charge in [0.1, 0.15) is 5.75 Å². The molecule has 5 heteroatoms. The predicted molar refractivity (Wildman–Crippen MR) is 104 cm³/mol. The topological polar surface area (TPSA) is 44.8 Å². The number of hydrogen-bond acceptors (Lipinski definition) is 4. The average Bonchev–Trinajstić information content (AvgIpc) is 2.62. The Bertz CT molecular complexity index is 768. The Kier molecular flexibility index (Phi) is 7.54. The highest BCUT2D eigenvalue weighted by molar-refractivity contribution is 6.32. The van der Waals surface area contributed by atoms with Gasteiger partial charge in [-0.05, 0) is 48.2 Å². The van der Waals surface area contributed by atoms with Crippen LogP contribution >= 0.6 is 11.6 Å². The first-order chi connectivity index (χ1) is 12.5. The fourth-order valence-electron chi connectivity index (χ4n) is 2.15. The molecular weight excluding hydrogens is 352 g/mol. The number of hydrogen-bond donors (Lipinski definition) is 0. The molecule has 2 rings (SSSR count). The van der Waals surface area contributed by atoms with E-state index in [0.717, 1.165) is 12.0 Å². The molecule has 0 bridgehead atoms. The maximum absolute atomic E-state index is 11.9. The van der Waals surface area contributed by atoms with Gasteiger partial charge in [-0.2, -0.15) is 0 Å². The molecule has 138 valence electrons. The van der Waals surface area contributed by atoms with Crippen molar-refractivity contribution in [2.45, 2.75) is 20.3 Å². The first-order valence-electron chi connectivity index (χ1n) is 8.45. The summed E-state index contributed by atoms with van der Waals surface area (Å²) in [6.07, 6.45) is 3.97. The van der Waals surface area contributed by atoms with E-state index in [4.69, 9.17) is 25.8 Å². The van der Waals surface area contributed by atoms with Crippen molar-refractivity contribution in [3.63, 3.8) is 0 Å². The van der Waals surface area contributed by atoms with Crippen LogP contribution in [0.3, 0.4) is 0 Å². The van der Waals surface area contributed by atoms with Crippen molar-refractivity contribution in [3.05, 3.63) is 59.1 Å². The zero-order valence-electron chi connectivity index (χ0n) is 15.2. The number of methoxy groups -OCH3 is 1. The van der Waals surface area contributed by atoms with Gasteiger partial charge in [-0.15, -0.1) is 0 Å². The number of para-hydroxylation sites is 1. The van der Waals surface area contributed by atoms with Gasteiger partial charge in [-0.3, -0.25) is 0 Å². The summed E-state index contributed by atoms with van der Waals surface area (Å²) in [4.78, 5) is 11.9. The van der Waals surface area contributed by atoms with E-state index in [-0.39, 0.29) is 0 Å². The summed E-state index contributed by atoms with van der Waals surface area (Å²) in [6, 6.07) is 12.3. The van der Waals surface area contributed by atoms with E-state index in [1.807, 2.05) is 18.2 Å². The van der Waals surface area contributed by atoms with Crippen molar-refractivity contribution in [2.24, 2.45) is 5.92 Å². The molecule has 0 fully saturated rings. The second-order valence-corrected chi connectivity index (χ2v) is 6.53. The maximum Gasteiger partial charge on any atom is 0.336 e. The molecular formula is C21H23ClO4. The van der Waals surface area contributed by atoms with Gasteiger partial charge in [0.2, 0.25) is 0 Å². The van der Waals surface area contributed by atoms with Gasteiger partial charge < -0.3 is 14.2 Å². The van der Waals surface area contributed by atoms with Crippen LogP contribution in [0.4, 0.5) is 0 Å². The minimum absolute atomic E-state index is 0.329. The SMILES string of the molecule is COc1cc(/C=C/C(=O)Oc2ccccc2Cl)ccc1OCCC(C)C. The summed E-state index contributed by atoms with van der Waals surface area (Å²) in [5.74, 6) is 1.70. The van der Waals surface area contributed by atoms with Crippen LogP contribution in [-0.2, 0) is 4.79 Å². The molecule has 0 saturated carbocycles. The Labute approximate surface area is 159 Å². The van der Waals surface area contributed by atoms with E-state index < -0.39 is 5.97 Å². The lowest BCUT2D eigenvalue weighted by Crippen LogP contribution is -2.04. The molecule has 0 aliphatic carbocycles. The number of rotatable bonds is 8. The van der Waals surface area contributed by atoms with Gasteiger partial charge in [-0.25, -0.2) is 4.79 Å². The average molecular weight is 375 g/mol. The molecule has 0 aliphatic heterocycles. The summed E-state index contributed by atoms with van der Waals surface area (Å²) in [7, 11) is 1.59. The Morgan fingerprint density at radius 3 is 2.58 bits per heavy atom. The number of ether oxygens (including phenoxy) is 3. The third-order valence-corrected chi connectivity index (χ3v) is 3.91. The van der Waals surface area contributed by atoms with Crippen molar-refractivity contribution >= 4 is 23.6 Å². The van der Waals surface area contributed by atoms with Crippen LogP contribution in [0.5, 0.6) is 17.2 Å². The lowest BCUT2D eigenvalue weighted by Gasteiger charge is -2.12. The van der Waals surface area contributed by atoms with Gasteiger partial charge in [0, 0.05) is 6.08 Å². The van der Waals surface area contributed by atoms with E-state index in [0.29, 0.717) is 34.8 Å². The van der Waals surface area contributed by atoms with E-state index in [9.17, 15) is 4.79 Å². The number of benzene rings is 2. The van der Waals surface area contributed by atoms with E-state index in [1.165, 1.54) is 6.08 Å². The predicted octanol–water partition coefficient (Wildman–Crippen LogP) is 5.39. The highest BCUT2D eigenvalue weighted by Crippen LogP contribution is 2.29. The molecule has 26 heavy (non-hydrogen) atoms. The van der Waals surface area contributed by atoms with E-state index in [1.54, 1.807) is 37.5 Å². The van der Waals surface area contributed by atoms with Crippen LogP contribution in [0, 0.1) is 5.92 Å².